The highest BCUT2D eigenvalue weighted by Gasteiger charge is 2.39. The molecule has 1 atom stereocenters. The summed E-state index contributed by atoms with van der Waals surface area (Å²) in [5.74, 6) is -0.182. The number of amides is 1. The van der Waals surface area contributed by atoms with Crippen LogP contribution in [-0.2, 0) is 14.5 Å². The van der Waals surface area contributed by atoms with Crippen LogP contribution in [0.4, 0.5) is 4.79 Å². The van der Waals surface area contributed by atoms with E-state index >= 15 is 0 Å². The smallest absolute Gasteiger partial charge is 0.390 e. The molecule has 1 aliphatic rings. The van der Waals surface area contributed by atoms with E-state index in [2.05, 4.69) is 9.92 Å². The van der Waals surface area contributed by atoms with Crippen molar-refractivity contribution in [2.75, 3.05) is 13.1 Å². The highest BCUT2D eigenvalue weighted by molar-refractivity contribution is 7.84. The number of nitrogens with two attached hydrogens (primary N) is 1. The third-order valence-electron chi connectivity index (χ3n) is 2.65. The molecule has 8 heteroatoms. The van der Waals surface area contributed by atoms with Crippen LogP contribution in [0.25, 0.3) is 0 Å². The molecule has 0 aromatic rings. The number of nitrogens with zero attached hydrogens (tertiary/aromatic N) is 1. The monoisotopic (exact) mass is 252 g/mol. The molecule has 0 spiro atoms. The Hall–Kier alpha value is -0.860. The fraction of sp³-hybridized carbons (Fsp3) is 0.875. The third-order valence-corrected chi connectivity index (χ3v) is 3.99. The Morgan fingerprint density at radius 1 is 1.56 bits per heavy atom. The molecule has 7 nitrogen and oxygen atoms in total. The second kappa shape index (κ2) is 4.19. The van der Waals surface area contributed by atoms with Gasteiger partial charge in [-0.25, -0.2) is 4.79 Å². The molecule has 0 aromatic carbocycles. The summed E-state index contributed by atoms with van der Waals surface area (Å²) >= 11 is 0. The van der Waals surface area contributed by atoms with Gasteiger partial charge in [-0.3, -0.25) is 0 Å². The summed E-state index contributed by atoms with van der Waals surface area (Å²) in [7, 11) is -4.10. The summed E-state index contributed by atoms with van der Waals surface area (Å²) in [5, 5.41) is 9.73. The molecule has 0 aliphatic carbocycles. The number of hydrogen-bond acceptors (Lipinski definition) is 5. The Morgan fingerprint density at radius 3 is 2.50 bits per heavy atom. The van der Waals surface area contributed by atoms with Crippen molar-refractivity contribution in [3.05, 3.63) is 0 Å². The molecule has 16 heavy (non-hydrogen) atoms. The average molecular weight is 252 g/mol. The Labute approximate surface area is 94.4 Å². The van der Waals surface area contributed by atoms with Gasteiger partial charge < -0.3 is 15.0 Å². The van der Waals surface area contributed by atoms with Crippen molar-refractivity contribution < 1.29 is 22.5 Å². The SMILES string of the molecule is CC(C)(O)C1CCN(S(=O)(=O)OC(N)=O)C1. The van der Waals surface area contributed by atoms with Crippen molar-refractivity contribution in [1.29, 1.82) is 0 Å². The first-order valence-corrected chi connectivity index (χ1v) is 6.21. The fourth-order valence-corrected chi connectivity index (χ4v) is 2.67. The highest BCUT2D eigenvalue weighted by atomic mass is 32.2. The van der Waals surface area contributed by atoms with E-state index in [4.69, 9.17) is 0 Å². The molecule has 1 unspecified atom stereocenters. The van der Waals surface area contributed by atoms with E-state index in [1.165, 1.54) is 0 Å². The molecule has 0 aromatic heterocycles. The largest absolute Gasteiger partial charge is 0.421 e. The van der Waals surface area contributed by atoms with Crippen LogP contribution in [0, 0.1) is 5.92 Å². The number of hydrogen-bond donors (Lipinski definition) is 2. The van der Waals surface area contributed by atoms with Gasteiger partial charge in [0, 0.05) is 19.0 Å². The summed E-state index contributed by atoms with van der Waals surface area (Å²) in [6.07, 6.45) is -0.836. The van der Waals surface area contributed by atoms with Gasteiger partial charge in [0.15, 0.2) is 0 Å². The quantitative estimate of drug-likeness (QED) is 0.698. The first-order chi connectivity index (χ1) is 7.13. The number of rotatable bonds is 3. The maximum atomic E-state index is 11.4. The van der Waals surface area contributed by atoms with Gasteiger partial charge in [0.1, 0.15) is 0 Å². The van der Waals surface area contributed by atoms with Gasteiger partial charge in [0.05, 0.1) is 5.60 Å². The van der Waals surface area contributed by atoms with Crippen LogP contribution in [0.2, 0.25) is 0 Å². The predicted octanol–water partition coefficient (Wildman–Crippen LogP) is -0.581. The van der Waals surface area contributed by atoms with Gasteiger partial charge in [-0.1, -0.05) is 0 Å². The van der Waals surface area contributed by atoms with Gasteiger partial charge >= 0.3 is 16.4 Å². The van der Waals surface area contributed by atoms with Gasteiger partial charge in [0.2, 0.25) is 0 Å². The minimum absolute atomic E-state index is 0.124. The number of carbonyl (C=O) groups excluding carboxylic acids is 1. The molecule has 0 saturated carbocycles. The molecule has 1 heterocycles. The average Bonchev–Trinajstić information content (AvgIpc) is 2.47. The van der Waals surface area contributed by atoms with Crippen LogP contribution < -0.4 is 5.73 Å². The molecule has 0 bridgehead atoms. The van der Waals surface area contributed by atoms with Crippen molar-refractivity contribution in [2.24, 2.45) is 11.7 Å². The summed E-state index contributed by atoms with van der Waals surface area (Å²) in [6, 6.07) is 0. The first kappa shape index (κ1) is 13.2. The van der Waals surface area contributed by atoms with Crippen LogP contribution >= 0.6 is 0 Å². The van der Waals surface area contributed by atoms with E-state index < -0.39 is 22.0 Å². The van der Waals surface area contributed by atoms with Crippen molar-refractivity contribution in [1.82, 2.24) is 4.31 Å². The van der Waals surface area contributed by atoms with Crippen LogP contribution in [0.3, 0.4) is 0 Å². The van der Waals surface area contributed by atoms with Crippen LogP contribution in [0.5, 0.6) is 0 Å². The van der Waals surface area contributed by atoms with Gasteiger partial charge in [0.25, 0.3) is 0 Å². The maximum absolute atomic E-state index is 11.4. The summed E-state index contributed by atoms with van der Waals surface area (Å²) in [5.41, 5.74) is 3.69. The zero-order valence-electron chi connectivity index (χ0n) is 9.21. The molecule has 0 radical (unpaired) electrons. The standard InChI is InChI=1S/C8H16N2O5S/c1-8(2,12)6-3-4-10(5-6)16(13,14)15-7(9)11/h6,12H,3-5H2,1-2H3,(H2,9,11). The second-order valence-corrected chi connectivity index (χ2v) is 5.90. The third kappa shape index (κ3) is 3.06. The van der Waals surface area contributed by atoms with Crippen molar-refractivity contribution >= 4 is 16.4 Å². The van der Waals surface area contributed by atoms with E-state index in [1.54, 1.807) is 13.8 Å². The van der Waals surface area contributed by atoms with E-state index in [1.807, 2.05) is 0 Å². The summed E-state index contributed by atoms with van der Waals surface area (Å²) in [4.78, 5) is 10.4. The first-order valence-electron chi connectivity index (χ1n) is 4.84. The lowest BCUT2D eigenvalue weighted by atomic mass is 9.91. The van der Waals surface area contributed by atoms with Gasteiger partial charge in [-0.05, 0) is 20.3 Å². The van der Waals surface area contributed by atoms with E-state index in [0.717, 1.165) is 4.31 Å². The van der Waals surface area contributed by atoms with Gasteiger partial charge in [-0.15, -0.1) is 0 Å². The fourth-order valence-electron chi connectivity index (χ4n) is 1.66. The Kier molecular flexibility index (Phi) is 3.46. The second-order valence-electron chi connectivity index (χ2n) is 4.36. The van der Waals surface area contributed by atoms with E-state index in [-0.39, 0.29) is 19.0 Å². The zero-order chi connectivity index (χ0) is 12.6. The number of primary amides is 1. The molecule has 1 fully saturated rings. The van der Waals surface area contributed by atoms with E-state index in [0.29, 0.717) is 6.42 Å². The van der Waals surface area contributed by atoms with Crippen molar-refractivity contribution in [3.8, 4) is 0 Å². The number of aliphatic hydroxyl groups is 1. The maximum Gasteiger partial charge on any atom is 0.421 e. The van der Waals surface area contributed by atoms with Crippen molar-refractivity contribution in [3.63, 3.8) is 0 Å². The minimum Gasteiger partial charge on any atom is -0.390 e. The Morgan fingerprint density at radius 2 is 2.12 bits per heavy atom. The summed E-state index contributed by atoms with van der Waals surface area (Å²) < 4.78 is 27.9. The summed E-state index contributed by atoms with van der Waals surface area (Å²) in [6.45, 7) is 3.56. The minimum atomic E-state index is -4.10. The lowest BCUT2D eigenvalue weighted by Crippen LogP contribution is -2.37. The molecular formula is C8H16N2O5S. The van der Waals surface area contributed by atoms with Crippen molar-refractivity contribution in [2.45, 2.75) is 25.9 Å². The highest BCUT2D eigenvalue weighted by Crippen LogP contribution is 2.28. The molecular weight excluding hydrogens is 236 g/mol. The molecule has 3 N–H and O–H groups in total. The molecule has 1 saturated heterocycles. The van der Waals surface area contributed by atoms with Crippen LogP contribution in [0.15, 0.2) is 0 Å². The zero-order valence-corrected chi connectivity index (χ0v) is 10.0. The topological polar surface area (TPSA) is 110 Å². The molecule has 1 aliphatic heterocycles. The van der Waals surface area contributed by atoms with Gasteiger partial charge in [-0.2, -0.15) is 12.7 Å². The Balaban J connectivity index is 2.70. The van der Waals surface area contributed by atoms with Crippen LogP contribution in [-0.4, -0.2) is 42.6 Å². The lowest BCUT2D eigenvalue weighted by Gasteiger charge is -2.25. The Bertz CT molecular complexity index is 372. The number of carbonyl (C=O) groups is 1. The predicted molar refractivity (Wildman–Crippen MR) is 55.6 cm³/mol. The molecule has 94 valence electrons. The van der Waals surface area contributed by atoms with Crippen LogP contribution in [0.1, 0.15) is 20.3 Å². The molecule has 1 amide bonds. The molecule has 1 rings (SSSR count). The normalized spacial score (nSPS) is 23.3. The lowest BCUT2D eigenvalue weighted by molar-refractivity contribution is 0.0235. The van der Waals surface area contributed by atoms with E-state index in [9.17, 15) is 18.3 Å².